The lowest BCUT2D eigenvalue weighted by molar-refractivity contribution is 0.373. The van der Waals surface area contributed by atoms with Gasteiger partial charge in [0.05, 0.1) is 22.7 Å². The normalized spacial score (nSPS) is 11.9. The van der Waals surface area contributed by atoms with Crippen LogP contribution in [0.3, 0.4) is 0 Å². The predicted octanol–water partition coefficient (Wildman–Crippen LogP) is 6.00. The van der Waals surface area contributed by atoms with Crippen molar-refractivity contribution in [3.05, 3.63) is 77.1 Å². The molecular formula is C23H16ClN3O3S. The molecule has 0 amide bonds. The van der Waals surface area contributed by atoms with Crippen molar-refractivity contribution >= 4 is 49.3 Å². The van der Waals surface area contributed by atoms with E-state index in [1.165, 1.54) is 18.4 Å². The first kappa shape index (κ1) is 19.4. The highest BCUT2D eigenvalue weighted by atomic mass is 35.5. The Morgan fingerprint density at radius 1 is 1.10 bits per heavy atom. The summed E-state index contributed by atoms with van der Waals surface area (Å²) in [5.41, 5.74) is 5.33. The number of para-hydroxylation sites is 1. The summed E-state index contributed by atoms with van der Waals surface area (Å²) in [5.74, 6) is 0.981. The molecular weight excluding hydrogens is 434 g/mol. The number of halogens is 1. The number of hydrogen-bond acceptors (Lipinski definition) is 7. The fourth-order valence-corrected chi connectivity index (χ4v) is 4.22. The molecule has 6 nitrogen and oxygen atoms in total. The van der Waals surface area contributed by atoms with Gasteiger partial charge in [-0.3, -0.25) is 5.43 Å². The summed E-state index contributed by atoms with van der Waals surface area (Å²) >= 11 is 7.74. The van der Waals surface area contributed by atoms with Crippen molar-refractivity contribution in [1.82, 2.24) is 4.98 Å². The summed E-state index contributed by atoms with van der Waals surface area (Å²) in [6.07, 6.45) is 0. The molecule has 0 fully saturated rings. The first-order valence-electron chi connectivity index (χ1n) is 9.37. The third-order valence-electron chi connectivity index (χ3n) is 4.74. The van der Waals surface area contributed by atoms with E-state index in [9.17, 15) is 5.11 Å². The summed E-state index contributed by atoms with van der Waals surface area (Å²) in [7, 11) is 1.50. The zero-order valence-electron chi connectivity index (χ0n) is 16.3. The molecule has 0 bridgehead atoms. The number of hydrogen-bond donors (Lipinski definition) is 2. The van der Waals surface area contributed by atoms with Gasteiger partial charge in [-0.2, -0.15) is 5.10 Å². The first-order valence-corrected chi connectivity index (χ1v) is 10.6. The Kier molecular flexibility index (Phi) is 4.97. The maximum Gasteiger partial charge on any atom is 0.204 e. The minimum Gasteiger partial charge on any atom is -0.504 e. The number of benzene rings is 3. The second-order valence-corrected chi connectivity index (χ2v) is 8.20. The van der Waals surface area contributed by atoms with Gasteiger partial charge in [-0.15, -0.1) is 0 Å². The largest absolute Gasteiger partial charge is 0.504 e. The summed E-state index contributed by atoms with van der Waals surface area (Å²) in [5, 5.41) is 17.2. The van der Waals surface area contributed by atoms with E-state index in [1.807, 2.05) is 30.3 Å². The predicted molar refractivity (Wildman–Crippen MR) is 124 cm³/mol. The molecule has 2 heterocycles. The van der Waals surface area contributed by atoms with E-state index >= 15 is 0 Å². The van der Waals surface area contributed by atoms with Crippen molar-refractivity contribution in [3.63, 3.8) is 0 Å². The molecule has 154 valence electrons. The maximum atomic E-state index is 9.90. The van der Waals surface area contributed by atoms with E-state index in [0.717, 1.165) is 21.2 Å². The van der Waals surface area contributed by atoms with Crippen molar-refractivity contribution < 1.29 is 14.3 Å². The number of thiazole rings is 1. The second-order valence-electron chi connectivity index (χ2n) is 6.73. The van der Waals surface area contributed by atoms with Gasteiger partial charge in [0.25, 0.3) is 0 Å². The molecule has 8 heteroatoms. The van der Waals surface area contributed by atoms with Crippen molar-refractivity contribution in [2.45, 2.75) is 0 Å². The summed E-state index contributed by atoms with van der Waals surface area (Å²) in [6, 6.07) is 20.1. The molecule has 0 saturated heterocycles. The Bertz CT molecular complexity index is 1460. The number of nitrogens with zero attached hydrogens (tertiary/aromatic N) is 2. The molecule has 2 aromatic heterocycles. The lowest BCUT2D eigenvalue weighted by Crippen LogP contribution is -2.07. The van der Waals surface area contributed by atoms with Crippen LogP contribution in [-0.4, -0.2) is 17.2 Å². The molecule has 0 saturated carbocycles. The molecule has 31 heavy (non-hydrogen) atoms. The van der Waals surface area contributed by atoms with Crippen LogP contribution in [0.4, 0.5) is 5.13 Å². The minimum atomic E-state index is 0.0567. The van der Waals surface area contributed by atoms with E-state index in [-0.39, 0.29) is 5.75 Å². The van der Waals surface area contributed by atoms with Crippen LogP contribution in [-0.2, 0) is 0 Å². The van der Waals surface area contributed by atoms with Gasteiger partial charge in [0.2, 0.25) is 5.13 Å². The first-order chi connectivity index (χ1) is 15.1. The number of aromatic nitrogens is 1. The number of methoxy groups -OCH3 is 1. The van der Waals surface area contributed by atoms with Crippen LogP contribution in [0.25, 0.3) is 32.5 Å². The fourth-order valence-electron chi connectivity index (χ4n) is 3.23. The van der Waals surface area contributed by atoms with Crippen LogP contribution in [0.5, 0.6) is 11.5 Å². The number of phenolic OH excluding ortho intramolecular Hbond substituents is 1. The topological polar surface area (TPSA) is 79.9 Å². The fraction of sp³-hybridized carbons (Fsp3) is 0.0435. The summed E-state index contributed by atoms with van der Waals surface area (Å²) in [4.78, 5) is 4.56. The highest BCUT2D eigenvalue weighted by Crippen LogP contribution is 2.32. The third-order valence-corrected chi connectivity index (χ3v) is 5.91. The zero-order valence-corrected chi connectivity index (χ0v) is 17.9. The standard InChI is InChI=1S/C23H16ClN3O3S/c1-29-21-10-13(6-8-18(21)28)20-12-17(15-11-14(24)7-9-19(15)30-20)26-27-23-25-16-4-2-3-5-22(16)31-23/h2-12,28H,1H3,(H,25,27)/b26-17+. The highest BCUT2D eigenvalue weighted by molar-refractivity contribution is 7.22. The van der Waals surface area contributed by atoms with Crippen LogP contribution in [0.15, 0.2) is 76.2 Å². The Morgan fingerprint density at radius 3 is 2.81 bits per heavy atom. The molecule has 0 radical (unpaired) electrons. The lowest BCUT2D eigenvalue weighted by atomic mass is 10.1. The maximum absolute atomic E-state index is 9.90. The van der Waals surface area contributed by atoms with E-state index in [0.29, 0.717) is 32.6 Å². The van der Waals surface area contributed by atoms with Crippen LogP contribution >= 0.6 is 22.9 Å². The number of ether oxygens (including phenoxy) is 1. The van der Waals surface area contributed by atoms with Gasteiger partial charge in [0.1, 0.15) is 11.3 Å². The smallest absolute Gasteiger partial charge is 0.204 e. The van der Waals surface area contributed by atoms with E-state index in [4.69, 9.17) is 20.8 Å². The van der Waals surface area contributed by atoms with E-state index < -0.39 is 0 Å². The minimum absolute atomic E-state index is 0.0567. The monoisotopic (exact) mass is 449 g/mol. The Hall–Kier alpha value is -3.55. The SMILES string of the molecule is COc1cc(-c2c/c(=N\Nc3nc4ccccc4s3)c3cc(Cl)ccc3o2)ccc1O. The quantitative estimate of drug-likeness (QED) is 0.329. The van der Waals surface area contributed by atoms with Gasteiger partial charge < -0.3 is 14.3 Å². The molecule has 5 rings (SSSR count). The lowest BCUT2D eigenvalue weighted by Gasteiger charge is -2.08. The highest BCUT2D eigenvalue weighted by Gasteiger charge is 2.10. The number of rotatable bonds is 4. The Morgan fingerprint density at radius 2 is 1.97 bits per heavy atom. The molecule has 0 spiro atoms. The van der Waals surface area contributed by atoms with Crippen molar-refractivity contribution in [1.29, 1.82) is 0 Å². The van der Waals surface area contributed by atoms with Crippen molar-refractivity contribution in [2.24, 2.45) is 5.10 Å². The van der Waals surface area contributed by atoms with Gasteiger partial charge in [-0.05, 0) is 48.5 Å². The van der Waals surface area contributed by atoms with Gasteiger partial charge in [-0.1, -0.05) is 35.1 Å². The molecule has 0 aliphatic rings. The number of phenols is 1. The molecule has 0 aliphatic carbocycles. The van der Waals surface area contributed by atoms with Gasteiger partial charge in [0, 0.05) is 22.0 Å². The van der Waals surface area contributed by atoms with E-state index in [2.05, 4.69) is 15.5 Å². The number of nitrogens with one attached hydrogen (secondary N) is 1. The molecule has 5 aromatic rings. The van der Waals surface area contributed by atoms with Crippen molar-refractivity contribution in [2.75, 3.05) is 12.5 Å². The van der Waals surface area contributed by atoms with Crippen LogP contribution in [0, 0.1) is 0 Å². The average Bonchev–Trinajstić information content (AvgIpc) is 3.21. The van der Waals surface area contributed by atoms with Gasteiger partial charge in [-0.25, -0.2) is 4.98 Å². The van der Waals surface area contributed by atoms with Crippen LogP contribution < -0.4 is 15.5 Å². The average molecular weight is 450 g/mol. The number of aromatic hydroxyl groups is 1. The van der Waals surface area contributed by atoms with Gasteiger partial charge in [0.15, 0.2) is 11.5 Å². The molecule has 0 unspecified atom stereocenters. The van der Waals surface area contributed by atoms with Crippen LogP contribution in [0.1, 0.15) is 0 Å². The number of anilines is 1. The summed E-state index contributed by atoms with van der Waals surface area (Å²) < 4.78 is 12.4. The van der Waals surface area contributed by atoms with Gasteiger partial charge >= 0.3 is 0 Å². The molecule has 3 aromatic carbocycles. The Balaban J connectivity index is 1.64. The Labute approximate surface area is 186 Å². The molecule has 0 aliphatic heterocycles. The number of fused-ring (bicyclic) bond motifs is 2. The second kappa shape index (κ2) is 7.94. The third kappa shape index (κ3) is 3.81. The zero-order chi connectivity index (χ0) is 21.4. The van der Waals surface area contributed by atoms with Crippen molar-refractivity contribution in [3.8, 4) is 22.8 Å². The summed E-state index contributed by atoms with van der Waals surface area (Å²) in [6.45, 7) is 0. The molecule has 0 atom stereocenters. The molecule has 2 N–H and O–H groups in total. The van der Waals surface area contributed by atoms with Crippen LogP contribution in [0.2, 0.25) is 5.02 Å². The van der Waals surface area contributed by atoms with E-state index in [1.54, 1.807) is 36.4 Å².